The van der Waals surface area contributed by atoms with Crippen LogP contribution in [0.15, 0.2) is 24.3 Å². The normalized spacial score (nSPS) is 10.1. The Balaban J connectivity index is 1.87. The maximum Gasteiger partial charge on any atom is 0.264 e. The minimum absolute atomic E-state index is 0.0427. The SMILES string of the molecule is Cc1nnc(NC(=O)COc2ccccc2F)s1. The summed E-state index contributed by atoms with van der Waals surface area (Å²) in [5, 5.41) is 11.1. The van der Waals surface area contributed by atoms with E-state index in [2.05, 4.69) is 15.5 Å². The van der Waals surface area contributed by atoms with Gasteiger partial charge in [-0.25, -0.2) is 4.39 Å². The van der Waals surface area contributed by atoms with E-state index in [0.717, 1.165) is 5.01 Å². The summed E-state index contributed by atoms with van der Waals surface area (Å²) in [6, 6.07) is 5.90. The number of halogens is 1. The van der Waals surface area contributed by atoms with Crippen LogP contribution in [-0.4, -0.2) is 22.7 Å². The smallest absolute Gasteiger partial charge is 0.264 e. The first-order valence-corrected chi connectivity index (χ1v) is 5.94. The molecule has 0 radical (unpaired) electrons. The Hall–Kier alpha value is -2.02. The first kappa shape index (κ1) is 12.4. The van der Waals surface area contributed by atoms with Crippen LogP contribution in [0.5, 0.6) is 5.75 Å². The standard InChI is InChI=1S/C11H10FN3O2S/c1-7-14-15-11(18-7)13-10(16)6-17-9-5-3-2-4-8(9)12/h2-5H,6H2,1H3,(H,13,15,16). The second kappa shape index (κ2) is 5.54. The minimum Gasteiger partial charge on any atom is -0.481 e. The number of carbonyl (C=O) groups excluding carboxylic acids is 1. The number of amides is 1. The van der Waals surface area contributed by atoms with Crippen molar-refractivity contribution in [3.63, 3.8) is 0 Å². The molecule has 1 aromatic carbocycles. The molecule has 0 bridgehead atoms. The number of rotatable bonds is 4. The van der Waals surface area contributed by atoms with Gasteiger partial charge in [-0.2, -0.15) is 0 Å². The molecule has 94 valence electrons. The zero-order valence-corrected chi connectivity index (χ0v) is 10.3. The maximum atomic E-state index is 13.2. The van der Waals surface area contributed by atoms with Crippen LogP contribution in [0.3, 0.4) is 0 Å². The molecule has 0 aliphatic rings. The van der Waals surface area contributed by atoms with E-state index in [1.807, 2.05) is 0 Å². The molecule has 1 N–H and O–H groups in total. The summed E-state index contributed by atoms with van der Waals surface area (Å²) in [4.78, 5) is 11.5. The van der Waals surface area contributed by atoms with E-state index in [1.165, 1.54) is 23.5 Å². The number of hydrogen-bond acceptors (Lipinski definition) is 5. The second-order valence-corrected chi connectivity index (χ2v) is 4.58. The van der Waals surface area contributed by atoms with Crippen LogP contribution < -0.4 is 10.1 Å². The van der Waals surface area contributed by atoms with Gasteiger partial charge >= 0.3 is 0 Å². The summed E-state index contributed by atoms with van der Waals surface area (Å²) < 4.78 is 18.2. The lowest BCUT2D eigenvalue weighted by molar-refractivity contribution is -0.118. The van der Waals surface area contributed by atoms with E-state index in [1.54, 1.807) is 19.1 Å². The van der Waals surface area contributed by atoms with Crippen molar-refractivity contribution in [1.82, 2.24) is 10.2 Å². The quantitative estimate of drug-likeness (QED) is 0.920. The van der Waals surface area contributed by atoms with Crippen LogP contribution in [-0.2, 0) is 4.79 Å². The molecule has 0 fully saturated rings. The van der Waals surface area contributed by atoms with E-state index < -0.39 is 11.7 Å². The van der Waals surface area contributed by atoms with Crippen molar-refractivity contribution in [3.8, 4) is 5.75 Å². The van der Waals surface area contributed by atoms with Crippen molar-refractivity contribution in [2.45, 2.75) is 6.92 Å². The predicted octanol–water partition coefficient (Wildman–Crippen LogP) is 2.00. The van der Waals surface area contributed by atoms with Gasteiger partial charge in [-0.05, 0) is 19.1 Å². The van der Waals surface area contributed by atoms with Gasteiger partial charge in [-0.1, -0.05) is 23.5 Å². The Morgan fingerprint density at radius 3 is 2.89 bits per heavy atom. The van der Waals surface area contributed by atoms with Crippen molar-refractivity contribution in [1.29, 1.82) is 0 Å². The second-order valence-electron chi connectivity index (χ2n) is 3.39. The number of benzene rings is 1. The van der Waals surface area contributed by atoms with Crippen molar-refractivity contribution >= 4 is 22.4 Å². The maximum absolute atomic E-state index is 13.2. The van der Waals surface area contributed by atoms with Crippen LogP contribution in [0.1, 0.15) is 5.01 Å². The first-order chi connectivity index (χ1) is 8.65. The zero-order valence-electron chi connectivity index (χ0n) is 9.51. The van der Waals surface area contributed by atoms with Crippen LogP contribution in [0.25, 0.3) is 0 Å². The largest absolute Gasteiger partial charge is 0.481 e. The molecule has 0 spiro atoms. The number of ether oxygens (including phenoxy) is 1. The van der Waals surface area contributed by atoms with Gasteiger partial charge in [-0.3, -0.25) is 10.1 Å². The van der Waals surface area contributed by atoms with E-state index in [4.69, 9.17) is 4.74 Å². The van der Waals surface area contributed by atoms with Crippen molar-refractivity contribution < 1.29 is 13.9 Å². The average molecular weight is 267 g/mol. The van der Waals surface area contributed by atoms with Crippen LogP contribution in [0, 0.1) is 12.7 Å². The highest BCUT2D eigenvalue weighted by atomic mass is 32.1. The lowest BCUT2D eigenvalue weighted by Crippen LogP contribution is -2.20. The van der Waals surface area contributed by atoms with Crippen LogP contribution in [0.4, 0.5) is 9.52 Å². The van der Waals surface area contributed by atoms with E-state index in [9.17, 15) is 9.18 Å². The summed E-state index contributed by atoms with van der Waals surface area (Å²) in [5.74, 6) is -0.868. The van der Waals surface area contributed by atoms with E-state index in [-0.39, 0.29) is 12.4 Å². The van der Waals surface area contributed by atoms with Gasteiger partial charge < -0.3 is 4.74 Å². The number of nitrogens with one attached hydrogen (secondary N) is 1. The highest BCUT2D eigenvalue weighted by Gasteiger charge is 2.08. The molecule has 0 aliphatic heterocycles. The third kappa shape index (κ3) is 3.24. The number of para-hydroxylation sites is 1. The Bertz CT molecular complexity index is 559. The lowest BCUT2D eigenvalue weighted by atomic mass is 10.3. The van der Waals surface area contributed by atoms with Crippen LogP contribution >= 0.6 is 11.3 Å². The molecule has 1 heterocycles. The van der Waals surface area contributed by atoms with Crippen molar-refractivity contribution in [3.05, 3.63) is 35.1 Å². The average Bonchev–Trinajstić information content (AvgIpc) is 2.74. The predicted molar refractivity (Wildman–Crippen MR) is 65.2 cm³/mol. The monoisotopic (exact) mass is 267 g/mol. The Labute approximate surface area is 107 Å². The van der Waals surface area contributed by atoms with Gasteiger partial charge in [0.05, 0.1) is 0 Å². The summed E-state index contributed by atoms with van der Waals surface area (Å²) >= 11 is 1.26. The molecule has 0 unspecified atom stereocenters. The minimum atomic E-state index is -0.503. The van der Waals surface area contributed by atoms with Gasteiger partial charge in [0.1, 0.15) is 5.01 Å². The number of carbonyl (C=O) groups is 1. The molecule has 0 saturated heterocycles. The molecule has 5 nitrogen and oxygen atoms in total. The fraction of sp³-hybridized carbons (Fsp3) is 0.182. The summed E-state index contributed by atoms with van der Waals surface area (Å²) in [6.07, 6.45) is 0. The third-order valence-electron chi connectivity index (χ3n) is 1.97. The van der Waals surface area contributed by atoms with Gasteiger partial charge in [0, 0.05) is 0 Å². The fourth-order valence-corrected chi connectivity index (χ4v) is 1.82. The van der Waals surface area contributed by atoms with Gasteiger partial charge in [0.15, 0.2) is 18.2 Å². The van der Waals surface area contributed by atoms with Gasteiger partial charge in [0.2, 0.25) is 5.13 Å². The fourth-order valence-electron chi connectivity index (χ4n) is 1.21. The number of aromatic nitrogens is 2. The molecule has 18 heavy (non-hydrogen) atoms. The molecule has 2 rings (SSSR count). The van der Waals surface area contributed by atoms with Crippen molar-refractivity contribution in [2.75, 3.05) is 11.9 Å². The number of nitrogens with zero attached hydrogens (tertiary/aromatic N) is 2. The summed E-state index contributed by atoms with van der Waals surface area (Å²) in [7, 11) is 0. The Morgan fingerprint density at radius 1 is 1.44 bits per heavy atom. The third-order valence-corrected chi connectivity index (χ3v) is 2.72. The molecule has 1 amide bonds. The molecular weight excluding hydrogens is 257 g/mol. The molecule has 2 aromatic rings. The first-order valence-electron chi connectivity index (χ1n) is 5.12. The number of anilines is 1. The highest BCUT2D eigenvalue weighted by Crippen LogP contribution is 2.16. The zero-order chi connectivity index (χ0) is 13.0. The molecule has 0 aliphatic carbocycles. The summed E-state index contributed by atoms with van der Waals surface area (Å²) in [5.41, 5.74) is 0. The molecule has 0 atom stereocenters. The molecule has 0 saturated carbocycles. The van der Waals surface area contributed by atoms with E-state index >= 15 is 0 Å². The molecule has 7 heteroatoms. The Kier molecular flexibility index (Phi) is 3.83. The van der Waals surface area contributed by atoms with E-state index in [0.29, 0.717) is 5.13 Å². The summed E-state index contributed by atoms with van der Waals surface area (Å²) in [6.45, 7) is 1.50. The van der Waals surface area contributed by atoms with Crippen LogP contribution in [0.2, 0.25) is 0 Å². The molecular formula is C11H10FN3O2S. The van der Waals surface area contributed by atoms with Crippen molar-refractivity contribution in [2.24, 2.45) is 0 Å². The number of hydrogen-bond donors (Lipinski definition) is 1. The Morgan fingerprint density at radius 2 is 2.22 bits per heavy atom. The highest BCUT2D eigenvalue weighted by molar-refractivity contribution is 7.15. The lowest BCUT2D eigenvalue weighted by Gasteiger charge is -2.05. The number of aryl methyl sites for hydroxylation is 1. The topological polar surface area (TPSA) is 64.1 Å². The van der Waals surface area contributed by atoms with Gasteiger partial charge in [0.25, 0.3) is 5.91 Å². The molecule has 1 aromatic heterocycles. The van der Waals surface area contributed by atoms with Gasteiger partial charge in [-0.15, -0.1) is 10.2 Å².